The molecule has 1 aliphatic rings. The minimum Gasteiger partial charge on any atom is -0.298 e. The zero-order valence-electron chi connectivity index (χ0n) is 9.85. The summed E-state index contributed by atoms with van der Waals surface area (Å²) in [5.74, 6) is -0.582. The Hall–Kier alpha value is -1.16. The molecule has 0 heterocycles. The molecule has 0 aromatic heterocycles. The summed E-state index contributed by atoms with van der Waals surface area (Å²) in [6, 6.07) is 8.06. The van der Waals surface area contributed by atoms with Gasteiger partial charge < -0.3 is 0 Å². The molecule has 1 atom stereocenters. The van der Waals surface area contributed by atoms with Gasteiger partial charge in [0.2, 0.25) is 0 Å². The number of hydrogen-bond acceptors (Lipinski definition) is 3. The normalized spacial score (nSPS) is 19.7. The second-order valence-electron chi connectivity index (χ2n) is 4.74. The highest BCUT2D eigenvalue weighted by atomic mass is 32.2. The number of Topliss-reactive ketones (excluding diaryl/α,β-unsaturated/α-hetero) is 1. The van der Waals surface area contributed by atoms with Crippen LogP contribution in [-0.4, -0.2) is 26.2 Å². The van der Waals surface area contributed by atoms with Gasteiger partial charge in [-0.15, -0.1) is 0 Å². The average molecular weight is 252 g/mol. The highest BCUT2D eigenvalue weighted by molar-refractivity contribution is 7.91. The van der Waals surface area contributed by atoms with Crippen molar-refractivity contribution in [3.63, 3.8) is 0 Å². The van der Waals surface area contributed by atoms with Crippen LogP contribution < -0.4 is 0 Å². The summed E-state index contributed by atoms with van der Waals surface area (Å²) < 4.78 is 22.2. The Morgan fingerprint density at radius 3 is 2.59 bits per heavy atom. The third-order valence-corrected chi connectivity index (χ3v) is 4.02. The quantitative estimate of drug-likeness (QED) is 0.817. The van der Waals surface area contributed by atoms with Crippen LogP contribution in [0, 0.1) is 5.92 Å². The summed E-state index contributed by atoms with van der Waals surface area (Å²) in [6.45, 7) is 0. The van der Waals surface area contributed by atoms with Crippen LogP contribution in [-0.2, 0) is 27.5 Å². The SMILES string of the molecule is CS(=O)(=O)CC(=O)C1CCc2ccccc2C1. The molecule has 0 spiro atoms. The molecule has 0 fully saturated rings. The number of fused-ring (bicyclic) bond motifs is 1. The van der Waals surface area contributed by atoms with Gasteiger partial charge in [0.1, 0.15) is 5.75 Å². The molecule has 1 aromatic carbocycles. The van der Waals surface area contributed by atoms with E-state index in [1.807, 2.05) is 18.2 Å². The number of hydrogen-bond donors (Lipinski definition) is 0. The van der Waals surface area contributed by atoms with E-state index in [0.717, 1.165) is 19.1 Å². The van der Waals surface area contributed by atoms with E-state index in [4.69, 9.17) is 0 Å². The largest absolute Gasteiger partial charge is 0.298 e. The molecule has 0 amide bonds. The number of carbonyl (C=O) groups excluding carboxylic acids is 1. The Bertz CT molecular complexity index is 531. The molecule has 0 saturated heterocycles. The summed E-state index contributed by atoms with van der Waals surface area (Å²) in [4.78, 5) is 11.8. The molecule has 3 nitrogen and oxygen atoms in total. The maximum atomic E-state index is 11.8. The van der Waals surface area contributed by atoms with E-state index in [1.165, 1.54) is 11.1 Å². The van der Waals surface area contributed by atoms with Crippen molar-refractivity contribution in [3.8, 4) is 0 Å². The fourth-order valence-corrected chi connectivity index (χ4v) is 3.10. The molecule has 1 aromatic rings. The molecule has 0 N–H and O–H groups in total. The number of aryl methyl sites for hydroxylation is 1. The molecular formula is C13H16O3S. The van der Waals surface area contributed by atoms with E-state index in [-0.39, 0.29) is 17.5 Å². The van der Waals surface area contributed by atoms with Gasteiger partial charge in [-0.2, -0.15) is 0 Å². The predicted octanol–water partition coefficient (Wildman–Crippen LogP) is 1.41. The molecule has 17 heavy (non-hydrogen) atoms. The summed E-state index contributed by atoms with van der Waals surface area (Å²) in [5.41, 5.74) is 2.47. The highest BCUT2D eigenvalue weighted by Gasteiger charge is 2.26. The fraction of sp³-hybridized carbons (Fsp3) is 0.462. The summed E-state index contributed by atoms with van der Waals surface area (Å²) in [7, 11) is -3.20. The van der Waals surface area contributed by atoms with Crippen LogP contribution in [0.25, 0.3) is 0 Å². The van der Waals surface area contributed by atoms with Crippen molar-refractivity contribution >= 4 is 15.6 Å². The van der Waals surface area contributed by atoms with E-state index >= 15 is 0 Å². The predicted molar refractivity (Wildman–Crippen MR) is 66.7 cm³/mol. The van der Waals surface area contributed by atoms with Crippen LogP contribution in [0.3, 0.4) is 0 Å². The van der Waals surface area contributed by atoms with Gasteiger partial charge in [0, 0.05) is 12.2 Å². The van der Waals surface area contributed by atoms with Crippen LogP contribution in [0.4, 0.5) is 0 Å². The fourth-order valence-electron chi connectivity index (χ4n) is 2.35. The molecule has 2 rings (SSSR count). The minimum atomic E-state index is -3.20. The Kier molecular flexibility index (Phi) is 3.33. The number of carbonyl (C=O) groups is 1. The Balaban J connectivity index is 2.10. The minimum absolute atomic E-state index is 0.125. The zero-order chi connectivity index (χ0) is 12.5. The van der Waals surface area contributed by atoms with E-state index in [9.17, 15) is 13.2 Å². The first-order valence-corrected chi connectivity index (χ1v) is 7.79. The lowest BCUT2D eigenvalue weighted by Crippen LogP contribution is -2.27. The van der Waals surface area contributed by atoms with Gasteiger partial charge in [-0.25, -0.2) is 8.42 Å². The van der Waals surface area contributed by atoms with Crippen LogP contribution in [0.2, 0.25) is 0 Å². The van der Waals surface area contributed by atoms with Crippen molar-refractivity contribution in [2.45, 2.75) is 19.3 Å². The van der Waals surface area contributed by atoms with Crippen molar-refractivity contribution in [1.82, 2.24) is 0 Å². The lowest BCUT2D eigenvalue weighted by Gasteiger charge is -2.23. The molecule has 4 heteroatoms. The number of ketones is 1. The number of rotatable bonds is 3. The van der Waals surface area contributed by atoms with Gasteiger partial charge in [-0.3, -0.25) is 4.79 Å². The van der Waals surface area contributed by atoms with E-state index in [0.29, 0.717) is 6.42 Å². The number of benzene rings is 1. The standard InChI is InChI=1S/C13H16O3S/c1-17(15,16)9-13(14)12-7-6-10-4-2-3-5-11(10)8-12/h2-5,12H,6-9H2,1H3. The third-order valence-electron chi connectivity index (χ3n) is 3.21. The number of sulfone groups is 1. The van der Waals surface area contributed by atoms with Crippen molar-refractivity contribution in [3.05, 3.63) is 35.4 Å². The van der Waals surface area contributed by atoms with Crippen molar-refractivity contribution in [2.24, 2.45) is 5.92 Å². The first-order valence-electron chi connectivity index (χ1n) is 5.73. The average Bonchev–Trinajstić information content (AvgIpc) is 2.26. The summed E-state index contributed by atoms with van der Waals surface area (Å²) in [5, 5.41) is 0. The second kappa shape index (κ2) is 4.61. The molecule has 0 saturated carbocycles. The maximum Gasteiger partial charge on any atom is 0.154 e. The lowest BCUT2D eigenvalue weighted by atomic mass is 9.82. The van der Waals surface area contributed by atoms with Gasteiger partial charge in [-0.1, -0.05) is 24.3 Å². The topological polar surface area (TPSA) is 51.2 Å². The molecule has 1 aliphatic carbocycles. The molecule has 0 radical (unpaired) electrons. The summed E-state index contributed by atoms with van der Waals surface area (Å²) >= 11 is 0. The van der Waals surface area contributed by atoms with Crippen LogP contribution in [0.5, 0.6) is 0 Å². The van der Waals surface area contributed by atoms with E-state index in [2.05, 4.69) is 6.07 Å². The van der Waals surface area contributed by atoms with Crippen molar-refractivity contribution in [1.29, 1.82) is 0 Å². The Morgan fingerprint density at radius 2 is 1.94 bits per heavy atom. The van der Waals surface area contributed by atoms with Gasteiger partial charge in [-0.05, 0) is 30.4 Å². The second-order valence-corrected chi connectivity index (χ2v) is 6.89. The maximum absolute atomic E-state index is 11.8. The third kappa shape index (κ3) is 3.16. The zero-order valence-corrected chi connectivity index (χ0v) is 10.7. The Morgan fingerprint density at radius 1 is 1.29 bits per heavy atom. The van der Waals surface area contributed by atoms with Gasteiger partial charge >= 0.3 is 0 Å². The van der Waals surface area contributed by atoms with Crippen LogP contribution in [0.15, 0.2) is 24.3 Å². The summed E-state index contributed by atoms with van der Waals surface area (Å²) in [6.07, 6.45) is 3.44. The van der Waals surface area contributed by atoms with E-state index < -0.39 is 9.84 Å². The first kappa shape index (κ1) is 12.3. The van der Waals surface area contributed by atoms with Crippen molar-refractivity contribution in [2.75, 3.05) is 12.0 Å². The highest BCUT2D eigenvalue weighted by Crippen LogP contribution is 2.26. The first-order chi connectivity index (χ1) is 7.96. The van der Waals surface area contributed by atoms with E-state index in [1.54, 1.807) is 0 Å². The monoisotopic (exact) mass is 252 g/mol. The lowest BCUT2D eigenvalue weighted by molar-refractivity contribution is -0.120. The Labute approximate surface area is 102 Å². The molecule has 92 valence electrons. The molecular weight excluding hydrogens is 236 g/mol. The van der Waals surface area contributed by atoms with Crippen molar-refractivity contribution < 1.29 is 13.2 Å². The smallest absolute Gasteiger partial charge is 0.154 e. The van der Waals surface area contributed by atoms with Gasteiger partial charge in [0.25, 0.3) is 0 Å². The molecule has 1 unspecified atom stereocenters. The van der Waals surface area contributed by atoms with Gasteiger partial charge in [0.05, 0.1) is 0 Å². The van der Waals surface area contributed by atoms with Crippen LogP contribution in [0.1, 0.15) is 17.5 Å². The molecule has 0 bridgehead atoms. The van der Waals surface area contributed by atoms with Crippen LogP contribution >= 0.6 is 0 Å². The molecule has 0 aliphatic heterocycles. The van der Waals surface area contributed by atoms with Gasteiger partial charge in [0.15, 0.2) is 15.6 Å².